The van der Waals surface area contributed by atoms with Gasteiger partial charge in [0.1, 0.15) is 6.33 Å². The summed E-state index contributed by atoms with van der Waals surface area (Å²) in [5.41, 5.74) is 1.83. The summed E-state index contributed by atoms with van der Waals surface area (Å²) in [5.74, 6) is 1.56. The summed E-state index contributed by atoms with van der Waals surface area (Å²) in [4.78, 5) is 29.9. The Bertz CT molecular complexity index is 755. The van der Waals surface area contributed by atoms with Gasteiger partial charge in [-0.05, 0) is 25.7 Å². The molecule has 1 amide bonds. The molecule has 1 saturated heterocycles. The molecule has 5 rings (SSSR count). The van der Waals surface area contributed by atoms with E-state index < -0.39 is 0 Å². The Kier molecular flexibility index (Phi) is 2.83. The van der Waals surface area contributed by atoms with Crippen molar-refractivity contribution in [2.75, 3.05) is 31.1 Å². The SMILES string of the molecule is O=C(C1CC1)N1CCN(c2ncnc3c2ncn3C2CC2)CC1. The minimum absolute atomic E-state index is 0.307. The maximum absolute atomic E-state index is 12.2. The van der Waals surface area contributed by atoms with E-state index in [1.807, 2.05) is 11.2 Å². The molecule has 120 valence electrons. The lowest BCUT2D eigenvalue weighted by atomic mass is 10.2. The van der Waals surface area contributed by atoms with Crippen molar-refractivity contribution in [3.8, 4) is 0 Å². The van der Waals surface area contributed by atoms with Crippen LogP contribution < -0.4 is 4.90 Å². The van der Waals surface area contributed by atoms with Gasteiger partial charge < -0.3 is 14.4 Å². The zero-order valence-electron chi connectivity index (χ0n) is 13.1. The molecule has 1 aliphatic heterocycles. The molecular weight excluding hydrogens is 292 g/mol. The van der Waals surface area contributed by atoms with E-state index in [1.165, 1.54) is 12.8 Å². The Hall–Kier alpha value is -2.18. The largest absolute Gasteiger partial charge is 0.351 e. The van der Waals surface area contributed by atoms with Crippen LogP contribution in [0.1, 0.15) is 31.7 Å². The number of aromatic nitrogens is 4. The number of hydrogen-bond donors (Lipinski definition) is 0. The van der Waals surface area contributed by atoms with Crippen LogP contribution in [0.2, 0.25) is 0 Å². The lowest BCUT2D eigenvalue weighted by molar-refractivity contribution is -0.132. The second-order valence-electron chi connectivity index (χ2n) is 6.84. The highest BCUT2D eigenvalue weighted by Gasteiger charge is 2.35. The molecule has 0 N–H and O–H groups in total. The van der Waals surface area contributed by atoms with E-state index in [1.54, 1.807) is 6.33 Å². The van der Waals surface area contributed by atoms with Crippen molar-refractivity contribution >= 4 is 22.9 Å². The first-order valence-electron chi connectivity index (χ1n) is 8.52. The van der Waals surface area contributed by atoms with Crippen LogP contribution in [0.5, 0.6) is 0 Å². The summed E-state index contributed by atoms with van der Waals surface area (Å²) < 4.78 is 2.17. The summed E-state index contributed by atoms with van der Waals surface area (Å²) in [7, 11) is 0. The van der Waals surface area contributed by atoms with Crippen molar-refractivity contribution in [3.05, 3.63) is 12.7 Å². The smallest absolute Gasteiger partial charge is 0.225 e. The third kappa shape index (κ3) is 2.26. The molecule has 0 unspecified atom stereocenters. The van der Waals surface area contributed by atoms with Crippen molar-refractivity contribution in [1.29, 1.82) is 0 Å². The number of rotatable bonds is 3. The van der Waals surface area contributed by atoms with Crippen molar-refractivity contribution in [2.45, 2.75) is 31.7 Å². The number of nitrogens with zero attached hydrogens (tertiary/aromatic N) is 6. The van der Waals surface area contributed by atoms with Crippen LogP contribution >= 0.6 is 0 Å². The molecule has 2 aromatic rings. The molecule has 7 heteroatoms. The predicted molar refractivity (Wildman–Crippen MR) is 85.1 cm³/mol. The molecule has 23 heavy (non-hydrogen) atoms. The monoisotopic (exact) mass is 312 g/mol. The molecule has 0 spiro atoms. The highest BCUT2D eigenvalue weighted by atomic mass is 16.2. The third-order valence-corrected chi connectivity index (χ3v) is 5.10. The minimum atomic E-state index is 0.307. The molecule has 0 bridgehead atoms. The molecular formula is C16H20N6O. The molecule has 3 heterocycles. The number of hydrogen-bond acceptors (Lipinski definition) is 5. The van der Waals surface area contributed by atoms with Crippen LogP contribution in [-0.2, 0) is 4.79 Å². The molecule has 2 saturated carbocycles. The van der Waals surface area contributed by atoms with Crippen molar-refractivity contribution in [3.63, 3.8) is 0 Å². The molecule has 2 aromatic heterocycles. The quantitative estimate of drug-likeness (QED) is 0.852. The molecule has 7 nitrogen and oxygen atoms in total. The lowest BCUT2D eigenvalue weighted by Gasteiger charge is -2.35. The number of carbonyl (C=O) groups is 1. The average molecular weight is 312 g/mol. The maximum atomic E-state index is 12.2. The normalized spacial score (nSPS) is 21.9. The minimum Gasteiger partial charge on any atom is -0.351 e. The second-order valence-corrected chi connectivity index (χ2v) is 6.84. The van der Waals surface area contributed by atoms with Gasteiger partial charge in [-0.3, -0.25) is 4.79 Å². The topological polar surface area (TPSA) is 67.2 Å². The summed E-state index contributed by atoms with van der Waals surface area (Å²) in [5, 5.41) is 0. The summed E-state index contributed by atoms with van der Waals surface area (Å²) in [6, 6.07) is 0.566. The van der Waals surface area contributed by atoms with Crippen LogP contribution in [0, 0.1) is 5.92 Å². The summed E-state index contributed by atoms with van der Waals surface area (Å²) in [6.45, 7) is 3.20. The number of fused-ring (bicyclic) bond motifs is 1. The molecule has 3 fully saturated rings. The van der Waals surface area contributed by atoms with Crippen molar-refractivity contribution in [1.82, 2.24) is 24.4 Å². The average Bonchev–Trinajstić information content (AvgIpc) is 3.51. The van der Waals surface area contributed by atoms with E-state index in [0.717, 1.165) is 56.0 Å². The summed E-state index contributed by atoms with van der Waals surface area (Å²) in [6.07, 6.45) is 8.11. The number of imidazole rings is 1. The van der Waals surface area contributed by atoms with E-state index in [0.29, 0.717) is 17.9 Å². The van der Waals surface area contributed by atoms with Gasteiger partial charge in [0.15, 0.2) is 17.0 Å². The second kappa shape index (κ2) is 4.91. The fourth-order valence-corrected chi connectivity index (χ4v) is 3.42. The van der Waals surface area contributed by atoms with Gasteiger partial charge >= 0.3 is 0 Å². The van der Waals surface area contributed by atoms with Crippen LogP contribution in [0.25, 0.3) is 11.2 Å². The number of amides is 1. The first-order valence-corrected chi connectivity index (χ1v) is 8.52. The zero-order valence-corrected chi connectivity index (χ0v) is 13.1. The van der Waals surface area contributed by atoms with Gasteiger partial charge in [0.25, 0.3) is 0 Å². The highest BCUT2D eigenvalue weighted by Crippen LogP contribution is 2.37. The first-order chi connectivity index (χ1) is 11.3. The van der Waals surface area contributed by atoms with Gasteiger partial charge in [-0.25, -0.2) is 15.0 Å². The Morgan fingerprint density at radius 3 is 2.48 bits per heavy atom. The Balaban J connectivity index is 1.38. The maximum Gasteiger partial charge on any atom is 0.225 e. The van der Waals surface area contributed by atoms with Gasteiger partial charge in [0, 0.05) is 38.1 Å². The van der Waals surface area contributed by atoms with E-state index in [9.17, 15) is 4.79 Å². The van der Waals surface area contributed by atoms with Gasteiger partial charge in [0.05, 0.1) is 6.33 Å². The van der Waals surface area contributed by atoms with E-state index in [-0.39, 0.29) is 0 Å². The fourth-order valence-electron chi connectivity index (χ4n) is 3.42. The Labute approximate surface area is 134 Å². The van der Waals surface area contributed by atoms with Gasteiger partial charge in [-0.1, -0.05) is 0 Å². The Morgan fingerprint density at radius 1 is 1.00 bits per heavy atom. The van der Waals surface area contributed by atoms with Gasteiger partial charge in [0.2, 0.25) is 5.91 Å². The predicted octanol–water partition coefficient (Wildman–Crippen LogP) is 1.22. The molecule has 2 aliphatic carbocycles. The lowest BCUT2D eigenvalue weighted by Crippen LogP contribution is -2.49. The molecule has 0 atom stereocenters. The standard InChI is InChI=1S/C16H20N6O/c23-16(11-1-2-11)21-7-5-20(6-8-21)14-13-15(18-9-17-14)22(10-19-13)12-3-4-12/h9-12H,1-8H2. The highest BCUT2D eigenvalue weighted by molar-refractivity contribution is 5.84. The zero-order chi connectivity index (χ0) is 15.4. The Morgan fingerprint density at radius 2 is 1.78 bits per heavy atom. The van der Waals surface area contributed by atoms with Crippen LogP contribution in [0.15, 0.2) is 12.7 Å². The number of piperazine rings is 1. The molecule has 3 aliphatic rings. The van der Waals surface area contributed by atoms with Crippen LogP contribution in [0.4, 0.5) is 5.82 Å². The van der Waals surface area contributed by atoms with Gasteiger partial charge in [-0.15, -0.1) is 0 Å². The van der Waals surface area contributed by atoms with E-state index in [2.05, 4.69) is 24.4 Å². The third-order valence-electron chi connectivity index (χ3n) is 5.10. The fraction of sp³-hybridized carbons (Fsp3) is 0.625. The van der Waals surface area contributed by atoms with Crippen molar-refractivity contribution in [2.24, 2.45) is 5.92 Å². The first kappa shape index (κ1) is 13.3. The van der Waals surface area contributed by atoms with Gasteiger partial charge in [-0.2, -0.15) is 0 Å². The summed E-state index contributed by atoms with van der Waals surface area (Å²) >= 11 is 0. The van der Waals surface area contributed by atoms with Crippen LogP contribution in [0.3, 0.4) is 0 Å². The molecule has 0 aromatic carbocycles. The van der Waals surface area contributed by atoms with Crippen LogP contribution in [-0.4, -0.2) is 56.5 Å². The van der Waals surface area contributed by atoms with Crippen molar-refractivity contribution < 1.29 is 4.79 Å². The van der Waals surface area contributed by atoms with E-state index in [4.69, 9.17) is 0 Å². The van der Waals surface area contributed by atoms with E-state index >= 15 is 0 Å². The number of anilines is 1. The molecule has 0 radical (unpaired) electrons. The number of carbonyl (C=O) groups excluding carboxylic acids is 1.